The van der Waals surface area contributed by atoms with E-state index >= 15 is 0 Å². The van der Waals surface area contributed by atoms with Gasteiger partial charge in [0.05, 0.1) is 10.2 Å². The van der Waals surface area contributed by atoms with Gasteiger partial charge in [0.1, 0.15) is 0 Å². The van der Waals surface area contributed by atoms with E-state index in [-0.39, 0.29) is 20.3 Å². The Morgan fingerprint density at radius 3 is 2.07 bits per heavy atom. The summed E-state index contributed by atoms with van der Waals surface area (Å²) in [5, 5.41) is 3.65. The molecule has 1 aromatic carbocycles. The van der Waals surface area contributed by atoms with Crippen LogP contribution in [0.2, 0.25) is 0 Å². The summed E-state index contributed by atoms with van der Waals surface area (Å²) in [6, 6.07) is 4.05. The molecule has 0 aliphatic carbocycles. The number of nitrogens with two attached hydrogens (primary N) is 1. The maximum atomic E-state index is 12.5. The topological polar surface area (TPSA) is 77.2 Å². The minimum atomic E-state index is -5.61. The molecule has 15 heavy (non-hydrogen) atoms. The van der Waals surface area contributed by atoms with Crippen LogP contribution < -0.4 is 29.3 Å². The minimum absolute atomic E-state index is 0. The molecule has 0 amide bonds. The smallest absolute Gasteiger partial charge is 1.00 e. The van der Waals surface area contributed by atoms with Crippen LogP contribution >= 0.6 is 7.76 Å². The van der Waals surface area contributed by atoms with E-state index in [1.54, 1.807) is 0 Å². The molecule has 0 fully saturated rings. The monoisotopic (exact) mass is 249 g/mol. The van der Waals surface area contributed by atoms with Gasteiger partial charge in [0.2, 0.25) is 10.0 Å². The van der Waals surface area contributed by atoms with E-state index < -0.39 is 28.0 Å². The van der Waals surface area contributed by atoms with E-state index in [9.17, 15) is 21.4 Å². The molecular formula is C6H7F2LiNO3PS. The number of hydrogen-bond acceptors (Lipinski definition) is 3. The summed E-state index contributed by atoms with van der Waals surface area (Å²) >= 11 is 0. The minimum Gasteiger partial charge on any atom is -1.00 e. The average Bonchev–Trinajstić information content (AvgIpc) is 2.01. The number of hydrogen-bond donors (Lipinski definition) is 1. The number of halogens is 2. The number of benzene rings is 1. The molecule has 0 spiro atoms. The third kappa shape index (κ3) is 3.71. The van der Waals surface area contributed by atoms with Crippen molar-refractivity contribution in [2.45, 2.75) is 4.90 Å². The van der Waals surface area contributed by atoms with E-state index in [0.717, 1.165) is 18.2 Å². The van der Waals surface area contributed by atoms with E-state index in [1.807, 2.05) is 0 Å². The first-order valence-electron chi connectivity index (χ1n) is 3.34. The van der Waals surface area contributed by atoms with Crippen LogP contribution in [0.15, 0.2) is 29.2 Å². The summed E-state index contributed by atoms with van der Waals surface area (Å²) in [5.74, 6) is 0. The van der Waals surface area contributed by atoms with Crippen molar-refractivity contribution in [2.24, 2.45) is 5.14 Å². The maximum absolute atomic E-state index is 12.5. The van der Waals surface area contributed by atoms with Gasteiger partial charge in [-0.3, -0.25) is 0 Å². The Morgan fingerprint density at radius 2 is 1.73 bits per heavy atom. The Labute approximate surface area is 99.2 Å². The van der Waals surface area contributed by atoms with Gasteiger partial charge >= 0.3 is 26.6 Å². The summed E-state index contributed by atoms with van der Waals surface area (Å²) < 4.78 is 57.0. The first kappa shape index (κ1) is 14.8. The molecule has 0 unspecified atom stereocenters. The van der Waals surface area contributed by atoms with Crippen LogP contribution in [0.25, 0.3) is 0 Å². The van der Waals surface area contributed by atoms with Crippen LogP contribution in [-0.2, 0) is 14.6 Å². The molecule has 1 aromatic rings. The zero-order valence-electron chi connectivity index (χ0n) is 8.72. The van der Waals surface area contributed by atoms with Crippen LogP contribution in [0.4, 0.5) is 8.39 Å². The maximum Gasteiger partial charge on any atom is 1.00 e. The van der Waals surface area contributed by atoms with E-state index in [2.05, 4.69) is 5.14 Å². The fourth-order valence-corrected chi connectivity index (χ4v) is 2.83. The second-order valence-electron chi connectivity index (χ2n) is 2.47. The summed E-state index contributed by atoms with van der Waals surface area (Å²) in [4.78, 5) is -0.798. The SMILES string of the molecule is NS(=O)(=O)c1ccccc1P(=O)(F)F.[H-].[Li+]. The standard InChI is InChI=1S/C6H6F2NO3PS.Li.H/c7-13(8,10)5-3-1-2-4-6(5)14(9,11)12;;/h1-4H,(H2,9,11,12);;/q;+1;-1. The van der Waals surface area contributed by atoms with E-state index in [4.69, 9.17) is 0 Å². The van der Waals surface area contributed by atoms with Gasteiger partial charge in [-0.25, -0.2) is 18.1 Å². The summed E-state index contributed by atoms with van der Waals surface area (Å²) in [5.41, 5.74) is 0. The van der Waals surface area contributed by atoms with Gasteiger partial charge in [-0.05, 0) is 12.1 Å². The Morgan fingerprint density at radius 1 is 1.27 bits per heavy atom. The molecule has 0 atom stereocenters. The quantitative estimate of drug-likeness (QED) is 0.496. The molecule has 80 valence electrons. The second kappa shape index (κ2) is 4.77. The fraction of sp³-hybridized carbons (Fsp3) is 0. The van der Waals surface area contributed by atoms with Crippen LogP contribution in [0.3, 0.4) is 0 Å². The average molecular weight is 249 g/mol. The second-order valence-corrected chi connectivity index (χ2v) is 5.41. The molecule has 4 nitrogen and oxygen atoms in total. The molecule has 0 aliphatic heterocycles. The Balaban J connectivity index is 0. The van der Waals surface area contributed by atoms with Gasteiger partial charge < -0.3 is 1.43 Å². The Kier molecular flexibility index (Phi) is 4.71. The normalized spacial score (nSPS) is 11.9. The number of primary sulfonamides is 1. The molecule has 0 bridgehead atoms. The fourth-order valence-electron chi connectivity index (χ4n) is 0.913. The van der Waals surface area contributed by atoms with Crippen molar-refractivity contribution in [3.05, 3.63) is 24.3 Å². The van der Waals surface area contributed by atoms with Gasteiger partial charge in [0.15, 0.2) is 0 Å². The van der Waals surface area contributed by atoms with Crippen molar-refractivity contribution >= 4 is 23.1 Å². The number of sulfonamides is 1. The van der Waals surface area contributed by atoms with Crippen molar-refractivity contribution in [2.75, 3.05) is 0 Å². The van der Waals surface area contributed by atoms with Crippen molar-refractivity contribution < 1.29 is 41.7 Å². The third-order valence-corrected chi connectivity index (χ3v) is 3.52. The third-order valence-electron chi connectivity index (χ3n) is 1.45. The van der Waals surface area contributed by atoms with Crippen molar-refractivity contribution in [1.29, 1.82) is 0 Å². The van der Waals surface area contributed by atoms with Crippen molar-refractivity contribution in [1.82, 2.24) is 0 Å². The molecule has 2 N–H and O–H groups in total. The molecule has 0 aromatic heterocycles. The van der Waals surface area contributed by atoms with Crippen LogP contribution in [0, 0.1) is 0 Å². The van der Waals surface area contributed by atoms with Crippen molar-refractivity contribution in [3.8, 4) is 0 Å². The molecule has 9 heteroatoms. The Hall–Kier alpha value is -0.183. The molecule has 0 radical (unpaired) electrons. The summed E-state index contributed by atoms with van der Waals surface area (Å²) in [7, 11) is -9.88. The van der Waals surface area contributed by atoms with Gasteiger partial charge in [0, 0.05) is 0 Å². The zero-order chi connectivity index (χ0) is 11.0. The van der Waals surface area contributed by atoms with Crippen molar-refractivity contribution in [3.63, 3.8) is 0 Å². The van der Waals surface area contributed by atoms with E-state index in [1.165, 1.54) is 6.07 Å². The Bertz CT molecular complexity index is 506. The largest absolute Gasteiger partial charge is 1.00 e. The van der Waals surface area contributed by atoms with Gasteiger partial charge in [-0.2, -0.15) is 0 Å². The predicted molar refractivity (Wildman–Crippen MR) is 48.4 cm³/mol. The van der Waals surface area contributed by atoms with Crippen LogP contribution in [0.5, 0.6) is 0 Å². The van der Waals surface area contributed by atoms with Crippen LogP contribution in [0.1, 0.15) is 1.43 Å². The molecule has 0 saturated carbocycles. The molecule has 0 heterocycles. The molecule has 0 aliphatic rings. The van der Waals surface area contributed by atoms with Gasteiger partial charge in [-0.15, -0.1) is 8.39 Å². The van der Waals surface area contributed by atoms with E-state index in [0.29, 0.717) is 0 Å². The van der Waals surface area contributed by atoms with Crippen LogP contribution in [-0.4, -0.2) is 8.42 Å². The van der Waals surface area contributed by atoms with Gasteiger partial charge in [-0.1, -0.05) is 12.1 Å². The zero-order valence-corrected chi connectivity index (χ0v) is 9.43. The first-order chi connectivity index (χ1) is 6.23. The molecule has 0 saturated heterocycles. The van der Waals surface area contributed by atoms with Gasteiger partial charge in [0.25, 0.3) is 0 Å². The molecular weight excluding hydrogens is 242 g/mol. The predicted octanol–water partition coefficient (Wildman–Crippen LogP) is -1.79. The number of rotatable bonds is 2. The summed E-state index contributed by atoms with van der Waals surface area (Å²) in [6.07, 6.45) is 0. The first-order valence-corrected chi connectivity index (χ1v) is 6.38. The molecule has 1 rings (SSSR count). The summed E-state index contributed by atoms with van der Waals surface area (Å²) in [6.45, 7) is 0.